The standard InChI is InChI=1S/C13H14O3/c1-3-4-5-12(14)10-6-8-11(9-7-10)13(15)16-2/h3,6-9H,1,4-5H2,2H3. The van der Waals surface area contributed by atoms with Crippen molar-refractivity contribution in [3.05, 3.63) is 48.0 Å². The van der Waals surface area contributed by atoms with Gasteiger partial charge in [-0.2, -0.15) is 0 Å². The number of ether oxygens (including phenoxy) is 1. The minimum Gasteiger partial charge on any atom is -0.465 e. The molecule has 84 valence electrons. The molecule has 0 spiro atoms. The predicted octanol–water partition coefficient (Wildman–Crippen LogP) is 2.62. The number of carbonyl (C=O) groups is 2. The van der Waals surface area contributed by atoms with E-state index in [9.17, 15) is 9.59 Å². The Bertz CT molecular complexity index is 390. The lowest BCUT2D eigenvalue weighted by atomic mass is 10.0. The normalized spacial score (nSPS) is 9.56. The number of hydrogen-bond donors (Lipinski definition) is 0. The first kappa shape index (κ1) is 12.2. The summed E-state index contributed by atoms with van der Waals surface area (Å²) in [6.45, 7) is 3.56. The fraction of sp³-hybridized carbons (Fsp3) is 0.231. The highest BCUT2D eigenvalue weighted by Crippen LogP contribution is 2.09. The molecule has 0 aliphatic rings. The van der Waals surface area contributed by atoms with Gasteiger partial charge >= 0.3 is 5.97 Å². The first-order valence-corrected chi connectivity index (χ1v) is 5.01. The van der Waals surface area contributed by atoms with Crippen LogP contribution in [0, 0.1) is 0 Å². The van der Waals surface area contributed by atoms with Gasteiger partial charge in [0.05, 0.1) is 12.7 Å². The Labute approximate surface area is 94.7 Å². The number of rotatable bonds is 5. The highest BCUT2D eigenvalue weighted by Gasteiger charge is 2.07. The largest absolute Gasteiger partial charge is 0.465 e. The van der Waals surface area contributed by atoms with Crippen LogP contribution in [0.5, 0.6) is 0 Å². The Balaban J connectivity index is 2.74. The number of Topliss-reactive ketones (excluding diaryl/α,β-unsaturated/α-hetero) is 1. The van der Waals surface area contributed by atoms with E-state index in [1.165, 1.54) is 7.11 Å². The Hall–Kier alpha value is -1.90. The summed E-state index contributed by atoms with van der Waals surface area (Å²) in [4.78, 5) is 22.7. The first-order valence-electron chi connectivity index (χ1n) is 5.01. The monoisotopic (exact) mass is 218 g/mol. The van der Waals surface area contributed by atoms with Crippen molar-refractivity contribution in [3.8, 4) is 0 Å². The molecule has 0 radical (unpaired) electrons. The van der Waals surface area contributed by atoms with Gasteiger partial charge in [-0.3, -0.25) is 4.79 Å². The number of ketones is 1. The molecule has 1 rings (SSSR count). The average Bonchev–Trinajstić information content (AvgIpc) is 2.35. The second kappa shape index (κ2) is 5.85. The molecule has 0 atom stereocenters. The molecule has 0 aliphatic carbocycles. The summed E-state index contributed by atoms with van der Waals surface area (Å²) in [6.07, 6.45) is 2.82. The molecule has 1 aromatic rings. The van der Waals surface area contributed by atoms with Crippen molar-refractivity contribution in [2.24, 2.45) is 0 Å². The molecule has 0 saturated carbocycles. The quantitative estimate of drug-likeness (QED) is 0.433. The predicted molar refractivity (Wildman–Crippen MR) is 61.5 cm³/mol. The van der Waals surface area contributed by atoms with Crippen LogP contribution in [0.3, 0.4) is 0 Å². The molecule has 0 N–H and O–H groups in total. The van der Waals surface area contributed by atoms with Gasteiger partial charge in [0.1, 0.15) is 0 Å². The minimum atomic E-state index is -0.398. The van der Waals surface area contributed by atoms with Gasteiger partial charge in [-0.05, 0) is 18.6 Å². The van der Waals surface area contributed by atoms with Gasteiger partial charge in [-0.1, -0.05) is 18.2 Å². The number of carbonyl (C=O) groups excluding carboxylic acids is 2. The summed E-state index contributed by atoms with van der Waals surface area (Å²) in [5.74, 6) is -0.346. The van der Waals surface area contributed by atoms with Crippen LogP contribution in [0.1, 0.15) is 33.6 Å². The molecule has 0 saturated heterocycles. The number of benzene rings is 1. The van der Waals surface area contributed by atoms with E-state index >= 15 is 0 Å². The van der Waals surface area contributed by atoms with Crippen molar-refractivity contribution < 1.29 is 14.3 Å². The third-order valence-corrected chi connectivity index (χ3v) is 2.20. The molecule has 0 bridgehead atoms. The van der Waals surface area contributed by atoms with Gasteiger partial charge in [0.2, 0.25) is 0 Å². The zero-order valence-electron chi connectivity index (χ0n) is 9.23. The second-order valence-electron chi connectivity index (χ2n) is 3.32. The molecule has 0 fully saturated rings. The van der Waals surface area contributed by atoms with Crippen LogP contribution in [0.2, 0.25) is 0 Å². The molecule has 0 amide bonds. The van der Waals surface area contributed by atoms with Crippen LogP contribution < -0.4 is 0 Å². The molecule has 0 aromatic heterocycles. The molecule has 0 unspecified atom stereocenters. The van der Waals surface area contributed by atoms with E-state index in [0.717, 1.165) is 0 Å². The maximum Gasteiger partial charge on any atom is 0.337 e. The lowest BCUT2D eigenvalue weighted by Crippen LogP contribution is -2.03. The minimum absolute atomic E-state index is 0.0521. The number of esters is 1. The van der Waals surface area contributed by atoms with Crippen molar-refractivity contribution in [2.75, 3.05) is 7.11 Å². The van der Waals surface area contributed by atoms with Gasteiger partial charge in [0.15, 0.2) is 5.78 Å². The molecule has 1 aromatic carbocycles. The topological polar surface area (TPSA) is 43.4 Å². The third kappa shape index (κ3) is 3.05. The van der Waals surface area contributed by atoms with Crippen molar-refractivity contribution in [1.29, 1.82) is 0 Å². The molecule has 3 nitrogen and oxygen atoms in total. The molecule has 0 heterocycles. The Morgan fingerprint density at radius 2 is 1.81 bits per heavy atom. The van der Waals surface area contributed by atoms with E-state index < -0.39 is 5.97 Å². The van der Waals surface area contributed by atoms with E-state index in [2.05, 4.69) is 11.3 Å². The third-order valence-electron chi connectivity index (χ3n) is 2.20. The summed E-state index contributed by atoms with van der Waals surface area (Å²) >= 11 is 0. The van der Waals surface area contributed by atoms with Crippen LogP contribution in [0.25, 0.3) is 0 Å². The molecule has 3 heteroatoms. The first-order chi connectivity index (χ1) is 7.69. The summed E-state index contributed by atoms with van der Waals surface area (Å²) in [7, 11) is 1.32. The smallest absolute Gasteiger partial charge is 0.337 e. The molecular formula is C13H14O3. The van der Waals surface area contributed by atoms with E-state index in [1.807, 2.05) is 0 Å². The lowest BCUT2D eigenvalue weighted by Gasteiger charge is -2.01. The Kier molecular flexibility index (Phi) is 4.45. The van der Waals surface area contributed by atoms with Gasteiger partial charge in [-0.15, -0.1) is 6.58 Å². The van der Waals surface area contributed by atoms with Crippen molar-refractivity contribution >= 4 is 11.8 Å². The van der Waals surface area contributed by atoms with E-state index in [0.29, 0.717) is 24.0 Å². The SMILES string of the molecule is C=CCCC(=O)c1ccc(C(=O)OC)cc1. The molecule has 16 heavy (non-hydrogen) atoms. The zero-order valence-corrected chi connectivity index (χ0v) is 9.23. The second-order valence-corrected chi connectivity index (χ2v) is 3.32. The van der Waals surface area contributed by atoms with E-state index in [4.69, 9.17) is 0 Å². The van der Waals surface area contributed by atoms with Crippen molar-refractivity contribution in [1.82, 2.24) is 0 Å². The van der Waals surface area contributed by atoms with E-state index in [-0.39, 0.29) is 5.78 Å². The van der Waals surface area contributed by atoms with Crippen LogP contribution in [-0.4, -0.2) is 18.9 Å². The summed E-state index contributed by atoms with van der Waals surface area (Å²) in [6, 6.07) is 6.45. The van der Waals surface area contributed by atoms with Crippen molar-refractivity contribution in [2.45, 2.75) is 12.8 Å². The van der Waals surface area contributed by atoms with Gasteiger partial charge < -0.3 is 4.74 Å². The van der Waals surface area contributed by atoms with Crippen LogP contribution in [0.4, 0.5) is 0 Å². The maximum absolute atomic E-state index is 11.6. The fourth-order valence-corrected chi connectivity index (χ4v) is 1.29. The Morgan fingerprint density at radius 1 is 1.25 bits per heavy atom. The van der Waals surface area contributed by atoms with Crippen molar-refractivity contribution in [3.63, 3.8) is 0 Å². The summed E-state index contributed by atoms with van der Waals surface area (Å²) < 4.78 is 4.56. The highest BCUT2D eigenvalue weighted by atomic mass is 16.5. The van der Waals surface area contributed by atoms with Crippen LogP contribution in [0.15, 0.2) is 36.9 Å². The molecular weight excluding hydrogens is 204 g/mol. The highest BCUT2D eigenvalue weighted by molar-refractivity contribution is 5.97. The van der Waals surface area contributed by atoms with Gasteiger partial charge in [0, 0.05) is 12.0 Å². The fourth-order valence-electron chi connectivity index (χ4n) is 1.29. The van der Waals surface area contributed by atoms with Gasteiger partial charge in [-0.25, -0.2) is 4.79 Å². The summed E-state index contributed by atoms with van der Waals surface area (Å²) in [5, 5.41) is 0. The van der Waals surface area contributed by atoms with Crippen LogP contribution >= 0.6 is 0 Å². The number of methoxy groups -OCH3 is 1. The number of hydrogen-bond acceptors (Lipinski definition) is 3. The average molecular weight is 218 g/mol. The maximum atomic E-state index is 11.6. The Morgan fingerprint density at radius 3 is 2.31 bits per heavy atom. The summed E-state index contributed by atoms with van der Waals surface area (Å²) in [5.41, 5.74) is 1.05. The van der Waals surface area contributed by atoms with Crippen LogP contribution in [-0.2, 0) is 4.74 Å². The van der Waals surface area contributed by atoms with Gasteiger partial charge in [0.25, 0.3) is 0 Å². The molecule has 0 aliphatic heterocycles. The van der Waals surface area contributed by atoms with E-state index in [1.54, 1.807) is 30.3 Å². The number of allylic oxidation sites excluding steroid dienone is 1. The zero-order chi connectivity index (χ0) is 12.0. The lowest BCUT2D eigenvalue weighted by molar-refractivity contribution is 0.0600.